The minimum absolute atomic E-state index is 0. The molecule has 1 heterocycles. The number of aliphatic imine (C=N–C) groups is 2. The van der Waals surface area contributed by atoms with Gasteiger partial charge in [-0.3, -0.25) is 9.98 Å². The standard InChI is InChI=1S/C17H34N4.2ClHO4.Ni/c1-14-12-17(5,6)21-11-10-19-15(2)13-16(3,4)20-9-7-8-18-14;2*2-1(3,4)5;/h20-21H,7-13H2,1-6H3;2*(H,2,3,4,5);/q;;;+2/p-2. The topological polar surface area (TPSA) is 233 Å². The molecule has 15 heteroatoms. The molecule has 0 aromatic rings. The first-order chi connectivity index (χ1) is 13.7. The maximum atomic E-state index is 8.49. The van der Waals surface area contributed by atoms with Crippen LogP contribution in [-0.4, -0.2) is 48.7 Å². The quantitative estimate of drug-likeness (QED) is 0.270. The SMILES string of the molecule is CC1=NCCNC(C)(C)CC(C)=NCCCNC(C)(C)C1.[Ni+2].[O-][Cl+3]([O-])([O-])[O-].[O-][Cl+3]([O-])([O-])[O-]. The van der Waals surface area contributed by atoms with Crippen molar-refractivity contribution in [2.45, 2.75) is 71.9 Å². The van der Waals surface area contributed by atoms with Gasteiger partial charge >= 0.3 is 16.5 Å². The molecule has 0 unspecified atom stereocenters. The fourth-order valence-corrected chi connectivity index (χ4v) is 2.93. The molecule has 0 amide bonds. The number of hydrogen-bond acceptors (Lipinski definition) is 12. The molecule has 0 fully saturated rings. The smallest absolute Gasteiger partial charge is 0.311 e. The maximum absolute atomic E-state index is 8.49. The Morgan fingerprint density at radius 2 is 0.969 bits per heavy atom. The summed E-state index contributed by atoms with van der Waals surface area (Å²) in [5.74, 6) is 0. The van der Waals surface area contributed by atoms with E-state index < -0.39 is 20.5 Å². The van der Waals surface area contributed by atoms with Crippen molar-refractivity contribution in [2.24, 2.45) is 9.98 Å². The van der Waals surface area contributed by atoms with E-state index in [0.29, 0.717) is 0 Å². The first-order valence-electron chi connectivity index (χ1n) is 9.44. The third kappa shape index (κ3) is 34.6. The van der Waals surface area contributed by atoms with Crippen LogP contribution in [0.2, 0.25) is 0 Å². The summed E-state index contributed by atoms with van der Waals surface area (Å²) in [6, 6.07) is 0. The van der Waals surface area contributed by atoms with E-state index in [1.165, 1.54) is 11.4 Å². The largest absolute Gasteiger partial charge is 2.00 e. The van der Waals surface area contributed by atoms with Crippen molar-refractivity contribution in [1.29, 1.82) is 0 Å². The molecule has 0 saturated heterocycles. The minimum atomic E-state index is -4.94. The zero-order chi connectivity index (χ0) is 24.9. The van der Waals surface area contributed by atoms with Gasteiger partial charge in [-0.25, -0.2) is 37.3 Å². The van der Waals surface area contributed by atoms with Crippen molar-refractivity contribution in [3.05, 3.63) is 0 Å². The molecule has 0 aromatic heterocycles. The van der Waals surface area contributed by atoms with Crippen LogP contribution >= 0.6 is 0 Å². The molecule has 0 saturated carbocycles. The van der Waals surface area contributed by atoms with Crippen molar-refractivity contribution in [3.8, 4) is 0 Å². The summed E-state index contributed by atoms with van der Waals surface area (Å²) >= 11 is 0. The van der Waals surface area contributed by atoms with Gasteiger partial charge in [0.05, 0.1) is 6.54 Å². The molecule has 1 aliphatic heterocycles. The van der Waals surface area contributed by atoms with Crippen molar-refractivity contribution in [3.63, 3.8) is 0 Å². The number of nitrogens with zero attached hydrogens (tertiary/aromatic N) is 2. The molecule has 32 heavy (non-hydrogen) atoms. The van der Waals surface area contributed by atoms with E-state index in [1.54, 1.807) is 0 Å². The molecular weight excluding hydrogens is 518 g/mol. The van der Waals surface area contributed by atoms with Crippen molar-refractivity contribution >= 4 is 11.4 Å². The number of rotatable bonds is 0. The summed E-state index contributed by atoms with van der Waals surface area (Å²) in [5.41, 5.74) is 2.67. The summed E-state index contributed by atoms with van der Waals surface area (Å²) < 4.78 is 67.9. The van der Waals surface area contributed by atoms with Crippen LogP contribution in [0.25, 0.3) is 0 Å². The molecule has 0 bridgehead atoms. The van der Waals surface area contributed by atoms with Gasteiger partial charge in [0.15, 0.2) is 0 Å². The Kier molecular flexibility index (Phi) is 19.0. The predicted molar refractivity (Wildman–Crippen MR) is 94.0 cm³/mol. The molecule has 0 aromatic carbocycles. The Hall–Kier alpha value is 0.0135. The van der Waals surface area contributed by atoms with Crippen molar-refractivity contribution in [1.82, 2.24) is 10.6 Å². The third-order valence-electron chi connectivity index (χ3n) is 3.81. The van der Waals surface area contributed by atoms with Gasteiger partial charge < -0.3 is 10.6 Å². The van der Waals surface area contributed by atoms with Gasteiger partial charge in [0.25, 0.3) is 0 Å². The Morgan fingerprint density at radius 3 is 1.34 bits per heavy atom. The molecule has 0 radical (unpaired) electrons. The van der Waals surface area contributed by atoms with Crippen molar-refractivity contribution < 1.29 is 74.2 Å². The fraction of sp³-hybridized carbons (Fsp3) is 0.882. The maximum Gasteiger partial charge on any atom is 2.00 e. The second kappa shape index (κ2) is 16.6. The van der Waals surface area contributed by atoms with Crippen LogP contribution in [0.15, 0.2) is 9.98 Å². The molecule has 0 aliphatic carbocycles. The first kappa shape index (κ1) is 36.6. The summed E-state index contributed by atoms with van der Waals surface area (Å²) in [6.45, 7) is 17.0. The minimum Gasteiger partial charge on any atom is -0.311 e. The molecule has 0 atom stereocenters. The average Bonchev–Trinajstić information content (AvgIpc) is 2.46. The Balaban J connectivity index is -0.000000640. The molecular formula is C17H34Cl2N4NiO8. The summed E-state index contributed by atoms with van der Waals surface area (Å²) in [5, 5.41) is 7.22. The monoisotopic (exact) mass is 550 g/mol. The van der Waals surface area contributed by atoms with Gasteiger partial charge in [0, 0.05) is 48.4 Å². The van der Waals surface area contributed by atoms with Gasteiger partial charge in [-0.05, 0) is 54.5 Å². The Bertz CT molecular complexity index is 544. The number of nitrogens with one attached hydrogen (secondary N) is 2. The summed E-state index contributed by atoms with van der Waals surface area (Å²) in [7, 11) is -9.89. The van der Waals surface area contributed by atoms with Crippen LogP contribution in [0, 0.1) is 20.5 Å². The van der Waals surface area contributed by atoms with Crippen LogP contribution in [0.4, 0.5) is 0 Å². The van der Waals surface area contributed by atoms with Gasteiger partial charge in [-0.15, -0.1) is 20.5 Å². The molecule has 0 spiro atoms. The van der Waals surface area contributed by atoms with Crippen LogP contribution in [0.1, 0.15) is 60.8 Å². The number of halogens is 2. The average molecular weight is 552 g/mol. The second-order valence-electron chi connectivity index (χ2n) is 8.32. The van der Waals surface area contributed by atoms with E-state index in [2.05, 4.69) is 52.2 Å². The van der Waals surface area contributed by atoms with Crippen LogP contribution in [0.5, 0.6) is 0 Å². The molecule has 2 N–H and O–H groups in total. The molecule has 194 valence electrons. The van der Waals surface area contributed by atoms with Crippen LogP contribution in [-0.2, 0) is 16.5 Å². The Morgan fingerprint density at radius 1 is 0.656 bits per heavy atom. The fourth-order valence-electron chi connectivity index (χ4n) is 2.93. The van der Waals surface area contributed by atoms with E-state index in [-0.39, 0.29) is 27.6 Å². The summed E-state index contributed by atoms with van der Waals surface area (Å²) in [4.78, 5) is 9.40. The predicted octanol–water partition coefficient (Wildman–Crippen LogP) is -6.69. The molecule has 12 nitrogen and oxygen atoms in total. The second-order valence-corrected chi connectivity index (χ2v) is 9.83. The third-order valence-corrected chi connectivity index (χ3v) is 3.81. The van der Waals surface area contributed by atoms with E-state index in [1.807, 2.05) is 0 Å². The van der Waals surface area contributed by atoms with E-state index in [0.717, 1.165) is 45.4 Å². The summed E-state index contributed by atoms with van der Waals surface area (Å²) in [6.07, 6.45) is 3.08. The molecule has 1 rings (SSSR count). The zero-order valence-electron chi connectivity index (χ0n) is 19.2. The Labute approximate surface area is 204 Å². The van der Waals surface area contributed by atoms with E-state index in [4.69, 9.17) is 47.3 Å². The van der Waals surface area contributed by atoms with E-state index in [9.17, 15) is 0 Å². The normalized spacial score (nSPS) is 20.3. The number of hydrogen-bond donors (Lipinski definition) is 2. The van der Waals surface area contributed by atoms with Crippen LogP contribution in [0.3, 0.4) is 0 Å². The van der Waals surface area contributed by atoms with Gasteiger partial charge in [0.1, 0.15) is 0 Å². The van der Waals surface area contributed by atoms with E-state index >= 15 is 0 Å². The molecule has 1 aliphatic rings. The van der Waals surface area contributed by atoms with Crippen molar-refractivity contribution in [2.75, 3.05) is 26.2 Å². The van der Waals surface area contributed by atoms with Crippen LogP contribution < -0.4 is 47.9 Å². The van der Waals surface area contributed by atoms with Gasteiger partial charge in [-0.2, -0.15) is 0 Å². The first-order valence-corrected chi connectivity index (χ1v) is 11.9. The van der Waals surface area contributed by atoms with Gasteiger partial charge in [-0.1, -0.05) is 0 Å². The zero-order valence-corrected chi connectivity index (χ0v) is 21.7. The van der Waals surface area contributed by atoms with Gasteiger partial charge in [0.2, 0.25) is 0 Å².